The average Bonchev–Trinajstić information content (AvgIpc) is 2.36. The van der Waals surface area contributed by atoms with Crippen LogP contribution >= 0.6 is 12.6 Å². The fourth-order valence-electron chi connectivity index (χ4n) is 1.73. The molecular formula is C14H21FN2OS. The Morgan fingerprint density at radius 1 is 1.26 bits per heavy atom. The molecule has 1 aromatic rings. The van der Waals surface area contributed by atoms with Gasteiger partial charge < -0.3 is 9.80 Å². The Bertz CT molecular complexity index is 437. The van der Waals surface area contributed by atoms with Crippen molar-refractivity contribution in [2.75, 3.05) is 33.7 Å². The van der Waals surface area contributed by atoms with E-state index in [9.17, 15) is 9.18 Å². The average molecular weight is 284 g/mol. The lowest BCUT2D eigenvalue weighted by molar-refractivity contribution is 0.0744. The second kappa shape index (κ2) is 7.50. The van der Waals surface area contributed by atoms with E-state index >= 15 is 0 Å². The minimum Gasteiger partial charge on any atom is -0.337 e. The molecule has 0 unspecified atom stereocenters. The number of likely N-dealkylation sites (N-methyl/N-ethyl adjacent to an activating group) is 1. The van der Waals surface area contributed by atoms with E-state index in [4.69, 9.17) is 0 Å². The molecule has 0 aliphatic heterocycles. The summed E-state index contributed by atoms with van der Waals surface area (Å²) in [4.78, 5) is 16.4. The first-order valence-electron chi connectivity index (χ1n) is 6.38. The summed E-state index contributed by atoms with van der Waals surface area (Å²) in [6.45, 7) is 4.20. The number of hydrogen-bond donors (Lipinski definition) is 1. The number of carbonyl (C=O) groups excluding carboxylic acids is 1. The summed E-state index contributed by atoms with van der Waals surface area (Å²) in [5.74, 6) is -0.478. The predicted octanol–water partition coefficient (Wildman–Crippen LogP) is 2.53. The summed E-state index contributed by atoms with van der Waals surface area (Å²) in [6, 6.07) is 4.28. The summed E-state index contributed by atoms with van der Waals surface area (Å²) in [5, 5.41) is 0. The molecule has 1 amide bonds. The van der Waals surface area contributed by atoms with Crippen LogP contribution in [-0.2, 0) is 0 Å². The summed E-state index contributed by atoms with van der Waals surface area (Å²) >= 11 is 4.01. The largest absolute Gasteiger partial charge is 0.337 e. The van der Waals surface area contributed by atoms with E-state index in [1.807, 2.05) is 25.9 Å². The van der Waals surface area contributed by atoms with Gasteiger partial charge >= 0.3 is 0 Å². The van der Waals surface area contributed by atoms with Gasteiger partial charge in [-0.15, -0.1) is 12.6 Å². The van der Waals surface area contributed by atoms with Gasteiger partial charge in [-0.25, -0.2) is 4.39 Å². The molecule has 0 saturated heterocycles. The number of rotatable bonds is 6. The lowest BCUT2D eigenvalue weighted by atomic mass is 10.2. The molecule has 0 aliphatic carbocycles. The highest BCUT2D eigenvalue weighted by atomic mass is 32.1. The Kier molecular flexibility index (Phi) is 6.31. The number of carbonyl (C=O) groups is 1. The smallest absolute Gasteiger partial charge is 0.253 e. The Labute approximate surface area is 119 Å². The summed E-state index contributed by atoms with van der Waals surface area (Å²) in [7, 11) is 3.94. The van der Waals surface area contributed by atoms with Crippen molar-refractivity contribution in [1.82, 2.24) is 9.80 Å². The first kappa shape index (κ1) is 16.0. The van der Waals surface area contributed by atoms with E-state index in [1.165, 1.54) is 18.2 Å². The van der Waals surface area contributed by atoms with Crippen molar-refractivity contribution in [2.45, 2.75) is 18.2 Å². The highest BCUT2D eigenvalue weighted by molar-refractivity contribution is 7.80. The van der Waals surface area contributed by atoms with Crippen molar-refractivity contribution in [3.8, 4) is 0 Å². The predicted molar refractivity (Wildman–Crippen MR) is 78.4 cm³/mol. The van der Waals surface area contributed by atoms with Crippen LogP contribution in [0.3, 0.4) is 0 Å². The van der Waals surface area contributed by atoms with Crippen LogP contribution < -0.4 is 0 Å². The molecule has 0 N–H and O–H groups in total. The zero-order chi connectivity index (χ0) is 14.4. The molecule has 0 radical (unpaired) electrons. The quantitative estimate of drug-likeness (QED) is 0.812. The summed E-state index contributed by atoms with van der Waals surface area (Å²) in [6.07, 6.45) is 0.897. The van der Waals surface area contributed by atoms with Gasteiger partial charge in [-0.05, 0) is 38.7 Å². The van der Waals surface area contributed by atoms with Crippen molar-refractivity contribution >= 4 is 18.5 Å². The molecule has 3 nitrogen and oxygen atoms in total. The minimum atomic E-state index is -0.407. The molecule has 0 heterocycles. The highest BCUT2D eigenvalue weighted by Crippen LogP contribution is 2.16. The third-order valence-corrected chi connectivity index (χ3v) is 3.13. The zero-order valence-electron chi connectivity index (χ0n) is 11.7. The molecule has 0 fully saturated rings. The Morgan fingerprint density at radius 3 is 2.47 bits per heavy atom. The molecule has 1 rings (SSSR count). The van der Waals surface area contributed by atoms with Crippen LogP contribution in [0.2, 0.25) is 0 Å². The van der Waals surface area contributed by atoms with Gasteiger partial charge in [0.1, 0.15) is 5.82 Å². The topological polar surface area (TPSA) is 23.6 Å². The molecule has 0 saturated carbocycles. The number of nitrogens with zero attached hydrogens (tertiary/aromatic N) is 2. The van der Waals surface area contributed by atoms with Crippen molar-refractivity contribution in [1.29, 1.82) is 0 Å². The second-order valence-electron chi connectivity index (χ2n) is 4.76. The van der Waals surface area contributed by atoms with Crippen LogP contribution in [0.4, 0.5) is 4.39 Å². The number of halogens is 1. The Hall–Kier alpha value is -1.07. The van der Waals surface area contributed by atoms with Gasteiger partial charge in [0.15, 0.2) is 0 Å². The second-order valence-corrected chi connectivity index (χ2v) is 5.24. The normalized spacial score (nSPS) is 10.8. The summed E-state index contributed by atoms with van der Waals surface area (Å²) < 4.78 is 13.2. The van der Waals surface area contributed by atoms with Gasteiger partial charge in [-0.1, -0.05) is 6.92 Å². The number of benzene rings is 1. The molecule has 106 valence electrons. The molecule has 0 atom stereocenters. The molecule has 0 aromatic heterocycles. The van der Waals surface area contributed by atoms with Crippen LogP contribution in [0.5, 0.6) is 0 Å². The highest BCUT2D eigenvalue weighted by Gasteiger charge is 2.16. The third-order valence-electron chi connectivity index (χ3n) is 2.79. The molecule has 0 spiro atoms. The molecule has 5 heteroatoms. The van der Waals surface area contributed by atoms with Gasteiger partial charge in [0, 0.05) is 30.1 Å². The molecule has 1 aromatic carbocycles. The first-order chi connectivity index (χ1) is 8.95. The van der Waals surface area contributed by atoms with Gasteiger partial charge in [0.2, 0.25) is 0 Å². The lowest BCUT2D eigenvalue weighted by Gasteiger charge is -2.24. The molecule has 0 aliphatic rings. The first-order valence-corrected chi connectivity index (χ1v) is 6.83. The maximum absolute atomic E-state index is 13.2. The van der Waals surface area contributed by atoms with Gasteiger partial charge in [-0.2, -0.15) is 0 Å². The van der Waals surface area contributed by atoms with Gasteiger partial charge in [0.05, 0.1) is 0 Å². The molecule has 19 heavy (non-hydrogen) atoms. The fourth-order valence-corrected chi connectivity index (χ4v) is 1.95. The van der Waals surface area contributed by atoms with E-state index in [2.05, 4.69) is 12.6 Å². The third kappa shape index (κ3) is 4.84. The van der Waals surface area contributed by atoms with Crippen molar-refractivity contribution < 1.29 is 9.18 Å². The van der Waals surface area contributed by atoms with E-state index in [0.29, 0.717) is 18.7 Å². The maximum atomic E-state index is 13.2. The van der Waals surface area contributed by atoms with E-state index in [-0.39, 0.29) is 10.8 Å². The molecular weight excluding hydrogens is 263 g/mol. The summed E-state index contributed by atoms with van der Waals surface area (Å²) in [5.41, 5.74) is 0.485. The lowest BCUT2D eigenvalue weighted by Crippen LogP contribution is -2.37. The van der Waals surface area contributed by atoms with Crippen LogP contribution in [-0.4, -0.2) is 49.4 Å². The van der Waals surface area contributed by atoms with Crippen LogP contribution in [0.25, 0.3) is 0 Å². The fraction of sp³-hybridized carbons (Fsp3) is 0.500. The van der Waals surface area contributed by atoms with Gasteiger partial charge in [0.25, 0.3) is 5.91 Å². The van der Waals surface area contributed by atoms with Crippen molar-refractivity contribution in [3.63, 3.8) is 0 Å². The van der Waals surface area contributed by atoms with Crippen molar-refractivity contribution in [3.05, 3.63) is 29.6 Å². The van der Waals surface area contributed by atoms with Crippen LogP contribution in [0, 0.1) is 5.82 Å². The number of thiol groups is 1. The monoisotopic (exact) mass is 284 g/mol. The van der Waals surface area contributed by atoms with E-state index in [0.717, 1.165) is 13.0 Å². The van der Waals surface area contributed by atoms with E-state index < -0.39 is 5.82 Å². The molecule has 0 bridgehead atoms. The Morgan fingerprint density at radius 2 is 1.95 bits per heavy atom. The van der Waals surface area contributed by atoms with Crippen LogP contribution in [0.15, 0.2) is 23.1 Å². The number of hydrogen-bond acceptors (Lipinski definition) is 3. The number of amides is 1. The Balaban J connectivity index is 2.82. The standard InChI is InChI=1S/C14H21FN2OS/c1-4-7-17(9-8-16(2)3)14(18)11-5-6-12(15)13(19)10-11/h5-6,10,19H,4,7-9H2,1-3H3. The maximum Gasteiger partial charge on any atom is 0.253 e. The SMILES string of the molecule is CCCN(CCN(C)C)C(=O)c1ccc(F)c(S)c1. The van der Waals surface area contributed by atoms with Crippen LogP contribution in [0.1, 0.15) is 23.7 Å². The van der Waals surface area contributed by atoms with E-state index in [1.54, 1.807) is 4.90 Å². The van der Waals surface area contributed by atoms with Gasteiger partial charge in [-0.3, -0.25) is 4.79 Å². The zero-order valence-corrected chi connectivity index (χ0v) is 12.6. The van der Waals surface area contributed by atoms with Crippen molar-refractivity contribution in [2.24, 2.45) is 0 Å². The minimum absolute atomic E-state index is 0.0704.